The predicted octanol–water partition coefficient (Wildman–Crippen LogP) is 4.03. The summed E-state index contributed by atoms with van der Waals surface area (Å²) >= 11 is 1.70. The summed E-state index contributed by atoms with van der Waals surface area (Å²) in [6, 6.07) is 5.69. The van der Waals surface area contributed by atoms with E-state index >= 15 is 0 Å². The number of phenolic OH excluding ortho intramolecular Hbond substituents is 1. The number of amides is 1. The van der Waals surface area contributed by atoms with Crippen LogP contribution in [0.4, 0.5) is 10.7 Å². The number of rotatable bonds is 4. The summed E-state index contributed by atoms with van der Waals surface area (Å²) in [5.41, 5.74) is 3.73. The average Bonchev–Trinajstić information content (AvgIpc) is 3.01. The molecule has 1 aliphatic heterocycles. The van der Waals surface area contributed by atoms with Crippen molar-refractivity contribution in [1.82, 2.24) is 5.32 Å². The van der Waals surface area contributed by atoms with Gasteiger partial charge in [0.2, 0.25) is 0 Å². The highest BCUT2D eigenvalue weighted by Gasteiger charge is 2.32. The van der Waals surface area contributed by atoms with Gasteiger partial charge >= 0.3 is 0 Å². The molecule has 26 heavy (non-hydrogen) atoms. The zero-order chi connectivity index (χ0) is 18.3. The summed E-state index contributed by atoms with van der Waals surface area (Å²) in [5.74, 6) is 0.173. The summed E-state index contributed by atoms with van der Waals surface area (Å²) in [6.45, 7) is 5.96. The van der Waals surface area contributed by atoms with Crippen LogP contribution < -0.4 is 15.5 Å². The van der Waals surface area contributed by atoms with E-state index in [0.717, 1.165) is 48.6 Å². The maximum atomic E-state index is 12.7. The lowest BCUT2D eigenvalue weighted by atomic mass is 9.94. The molecule has 2 aliphatic rings. The summed E-state index contributed by atoms with van der Waals surface area (Å²) in [5, 5.41) is 18.0. The first kappa shape index (κ1) is 17.2. The molecule has 2 heterocycles. The zero-order valence-electron chi connectivity index (χ0n) is 15.3. The SMILES string of the molecule is CCN(CC)c1ccc([C@@H]2NC(=O)c3c(sc4c3CCCC4)N2)c(O)c1. The van der Waals surface area contributed by atoms with Gasteiger partial charge in [-0.2, -0.15) is 0 Å². The van der Waals surface area contributed by atoms with Crippen LogP contribution in [0, 0.1) is 0 Å². The van der Waals surface area contributed by atoms with Crippen molar-refractivity contribution in [2.45, 2.75) is 45.7 Å². The first-order valence-electron chi connectivity index (χ1n) is 9.42. The number of carbonyl (C=O) groups excluding carboxylic acids is 1. The second kappa shape index (κ2) is 6.83. The molecule has 0 saturated heterocycles. The Kier molecular flexibility index (Phi) is 4.53. The Morgan fingerprint density at radius 2 is 1.96 bits per heavy atom. The molecule has 2 aromatic rings. The van der Waals surface area contributed by atoms with E-state index in [1.54, 1.807) is 17.4 Å². The summed E-state index contributed by atoms with van der Waals surface area (Å²) in [7, 11) is 0. The van der Waals surface area contributed by atoms with Gasteiger partial charge in [-0.1, -0.05) is 0 Å². The Balaban J connectivity index is 1.64. The Hall–Kier alpha value is -2.21. The molecule has 6 heteroatoms. The van der Waals surface area contributed by atoms with Crippen LogP contribution in [0.2, 0.25) is 0 Å². The van der Waals surface area contributed by atoms with Crippen LogP contribution in [-0.2, 0) is 12.8 Å². The molecular weight excluding hydrogens is 346 g/mol. The lowest BCUT2D eigenvalue weighted by Crippen LogP contribution is -2.38. The Morgan fingerprint density at radius 3 is 2.69 bits per heavy atom. The van der Waals surface area contributed by atoms with E-state index in [4.69, 9.17) is 0 Å². The molecule has 1 aromatic carbocycles. The van der Waals surface area contributed by atoms with Crippen molar-refractivity contribution in [3.8, 4) is 5.75 Å². The molecule has 1 amide bonds. The Labute approximate surface area is 158 Å². The minimum Gasteiger partial charge on any atom is -0.507 e. The monoisotopic (exact) mass is 371 g/mol. The van der Waals surface area contributed by atoms with Crippen LogP contribution in [0.1, 0.15) is 59.2 Å². The van der Waals surface area contributed by atoms with E-state index in [1.807, 2.05) is 12.1 Å². The van der Waals surface area contributed by atoms with Gasteiger partial charge in [0.15, 0.2) is 0 Å². The highest BCUT2D eigenvalue weighted by atomic mass is 32.1. The van der Waals surface area contributed by atoms with E-state index in [0.29, 0.717) is 5.56 Å². The van der Waals surface area contributed by atoms with Gasteiger partial charge in [-0.25, -0.2) is 0 Å². The van der Waals surface area contributed by atoms with Gasteiger partial charge in [-0.3, -0.25) is 4.79 Å². The first-order valence-corrected chi connectivity index (χ1v) is 10.2. The number of fused-ring (bicyclic) bond motifs is 3. The van der Waals surface area contributed by atoms with E-state index in [2.05, 4.69) is 29.4 Å². The number of phenols is 1. The Bertz CT molecular complexity index is 842. The fraction of sp³-hybridized carbons (Fsp3) is 0.450. The minimum absolute atomic E-state index is 0.0321. The van der Waals surface area contributed by atoms with Crippen LogP contribution in [0.15, 0.2) is 18.2 Å². The highest BCUT2D eigenvalue weighted by Crippen LogP contribution is 2.42. The molecular formula is C20H25N3O2S. The van der Waals surface area contributed by atoms with Crippen LogP contribution in [0.25, 0.3) is 0 Å². The molecule has 0 saturated carbocycles. The average molecular weight is 372 g/mol. The van der Waals surface area contributed by atoms with Crippen molar-refractivity contribution in [2.24, 2.45) is 0 Å². The molecule has 0 spiro atoms. The normalized spacial score (nSPS) is 18.5. The largest absolute Gasteiger partial charge is 0.507 e. The number of aromatic hydroxyl groups is 1. The number of hydrogen-bond donors (Lipinski definition) is 3. The van der Waals surface area contributed by atoms with Gasteiger partial charge in [-0.15, -0.1) is 11.3 Å². The van der Waals surface area contributed by atoms with Crippen LogP contribution in [-0.4, -0.2) is 24.1 Å². The molecule has 0 fully saturated rings. The quantitative estimate of drug-likeness (QED) is 0.759. The van der Waals surface area contributed by atoms with Crippen molar-refractivity contribution in [1.29, 1.82) is 0 Å². The number of aryl methyl sites for hydroxylation is 1. The number of anilines is 2. The van der Waals surface area contributed by atoms with Gasteiger partial charge in [0, 0.05) is 35.3 Å². The van der Waals surface area contributed by atoms with Crippen molar-refractivity contribution in [2.75, 3.05) is 23.3 Å². The molecule has 138 valence electrons. The van der Waals surface area contributed by atoms with Gasteiger partial charge in [0.1, 0.15) is 16.9 Å². The van der Waals surface area contributed by atoms with E-state index in [9.17, 15) is 9.90 Å². The van der Waals surface area contributed by atoms with Crippen LogP contribution in [0.5, 0.6) is 5.75 Å². The standard InChI is InChI=1S/C20H25N3O2S/c1-3-23(4-2)12-9-10-13(15(24)11-12)18-21-19(25)17-14-7-5-6-8-16(14)26-20(17)22-18/h9-11,18,22,24H,3-8H2,1-2H3,(H,21,25)/t18-/m1/s1. The number of benzene rings is 1. The lowest BCUT2D eigenvalue weighted by molar-refractivity contribution is 0.0935. The third-order valence-corrected chi connectivity index (χ3v) is 6.63. The fourth-order valence-corrected chi connectivity index (χ4v) is 5.31. The Morgan fingerprint density at radius 1 is 1.19 bits per heavy atom. The zero-order valence-corrected chi connectivity index (χ0v) is 16.1. The third kappa shape index (κ3) is 2.82. The molecule has 0 unspecified atom stereocenters. The van der Waals surface area contributed by atoms with Crippen molar-refractivity contribution in [3.05, 3.63) is 39.8 Å². The first-order chi connectivity index (χ1) is 12.6. The molecule has 0 bridgehead atoms. The minimum atomic E-state index is -0.402. The lowest BCUT2D eigenvalue weighted by Gasteiger charge is -2.28. The second-order valence-electron chi connectivity index (χ2n) is 6.88. The molecule has 0 radical (unpaired) electrons. The van der Waals surface area contributed by atoms with Gasteiger partial charge in [0.25, 0.3) is 5.91 Å². The number of carbonyl (C=O) groups is 1. The maximum absolute atomic E-state index is 12.7. The fourth-order valence-electron chi connectivity index (χ4n) is 4.00. The van der Waals surface area contributed by atoms with Crippen molar-refractivity contribution >= 4 is 27.9 Å². The maximum Gasteiger partial charge on any atom is 0.256 e. The molecule has 1 aliphatic carbocycles. The number of nitrogens with zero attached hydrogens (tertiary/aromatic N) is 1. The molecule has 5 nitrogen and oxygen atoms in total. The number of thiophene rings is 1. The van der Waals surface area contributed by atoms with Gasteiger partial charge in [0.05, 0.1) is 5.56 Å². The number of hydrogen-bond acceptors (Lipinski definition) is 5. The molecule has 1 aromatic heterocycles. The van der Waals surface area contributed by atoms with Crippen molar-refractivity contribution in [3.63, 3.8) is 0 Å². The smallest absolute Gasteiger partial charge is 0.256 e. The summed E-state index contributed by atoms with van der Waals surface area (Å²) < 4.78 is 0. The predicted molar refractivity (Wildman–Crippen MR) is 106 cm³/mol. The second-order valence-corrected chi connectivity index (χ2v) is 7.99. The van der Waals surface area contributed by atoms with Gasteiger partial charge in [-0.05, 0) is 57.2 Å². The molecule has 3 N–H and O–H groups in total. The van der Waals surface area contributed by atoms with Gasteiger partial charge < -0.3 is 20.6 Å². The third-order valence-electron chi connectivity index (χ3n) is 5.40. The van der Waals surface area contributed by atoms with E-state index in [-0.39, 0.29) is 11.7 Å². The van der Waals surface area contributed by atoms with E-state index in [1.165, 1.54) is 16.9 Å². The summed E-state index contributed by atoms with van der Waals surface area (Å²) in [4.78, 5) is 16.3. The highest BCUT2D eigenvalue weighted by molar-refractivity contribution is 7.16. The molecule has 4 rings (SSSR count). The van der Waals surface area contributed by atoms with Crippen LogP contribution in [0.3, 0.4) is 0 Å². The van der Waals surface area contributed by atoms with Crippen LogP contribution >= 0.6 is 11.3 Å². The van der Waals surface area contributed by atoms with Crippen molar-refractivity contribution < 1.29 is 9.90 Å². The number of nitrogens with one attached hydrogen (secondary N) is 2. The topological polar surface area (TPSA) is 64.6 Å². The van der Waals surface area contributed by atoms with E-state index < -0.39 is 6.17 Å². The molecule has 1 atom stereocenters. The summed E-state index contributed by atoms with van der Waals surface area (Å²) in [6.07, 6.45) is 4.01.